The van der Waals surface area contributed by atoms with Crippen LogP contribution in [-0.2, 0) is 0 Å². The summed E-state index contributed by atoms with van der Waals surface area (Å²) < 4.78 is 10.2. The Hall–Kier alpha value is -2.56. The molecule has 5 heteroatoms. The summed E-state index contributed by atoms with van der Waals surface area (Å²) in [7, 11) is 1.43. The first-order valence-electron chi connectivity index (χ1n) is 6.01. The van der Waals surface area contributed by atoms with Gasteiger partial charge in [-0.15, -0.1) is 0 Å². The van der Waals surface area contributed by atoms with Gasteiger partial charge in [-0.2, -0.15) is 0 Å². The number of carbonyl (C=O) groups excluding carboxylic acids is 1. The molecular formula is C15H14O5. The van der Waals surface area contributed by atoms with Crippen molar-refractivity contribution in [2.75, 3.05) is 7.11 Å². The van der Waals surface area contributed by atoms with Gasteiger partial charge in [0.2, 0.25) is 0 Å². The first-order valence-corrected chi connectivity index (χ1v) is 6.01. The summed E-state index contributed by atoms with van der Waals surface area (Å²) in [6.45, 7) is 3.34. The molecule has 0 aliphatic heterocycles. The number of aromatic hydroxyl groups is 1. The molecule has 0 saturated carbocycles. The predicted octanol–water partition coefficient (Wildman–Crippen LogP) is 2.66. The average molecular weight is 274 g/mol. The summed E-state index contributed by atoms with van der Waals surface area (Å²) in [6, 6.07) is 4.07. The van der Waals surface area contributed by atoms with E-state index in [1.54, 1.807) is 19.9 Å². The lowest BCUT2D eigenvalue weighted by Crippen LogP contribution is -2.05. The Morgan fingerprint density at radius 2 is 2.10 bits per heavy atom. The monoisotopic (exact) mass is 274 g/mol. The van der Waals surface area contributed by atoms with E-state index < -0.39 is 11.4 Å². The van der Waals surface area contributed by atoms with Gasteiger partial charge in [-0.3, -0.25) is 4.79 Å². The predicted molar refractivity (Wildman–Crippen MR) is 74.5 cm³/mol. The molecular weight excluding hydrogens is 260 g/mol. The van der Waals surface area contributed by atoms with Gasteiger partial charge >= 0.3 is 5.63 Å². The van der Waals surface area contributed by atoms with Crippen LogP contribution in [0.5, 0.6) is 11.5 Å². The minimum atomic E-state index is -0.600. The van der Waals surface area contributed by atoms with E-state index in [1.165, 1.54) is 25.3 Å². The fourth-order valence-electron chi connectivity index (χ4n) is 1.90. The number of benzene rings is 1. The fraction of sp³-hybridized carbons (Fsp3) is 0.200. The number of rotatable bonds is 3. The van der Waals surface area contributed by atoms with Crippen molar-refractivity contribution in [3.63, 3.8) is 0 Å². The second-order valence-electron chi connectivity index (χ2n) is 4.27. The van der Waals surface area contributed by atoms with E-state index in [9.17, 15) is 14.7 Å². The highest BCUT2D eigenvalue weighted by atomic mass is 16.5. The van der Waals surface area contributed by atoms with E-state index in [-0.39, 0.29) is 16.9 Å². The van der Waals surface area contributed by atoms with Gasteiger partial charge in [-0.1, -0.05) is 6.08 Å². The second kappa shape index (κ2) is 5.21. The van der Waals surface area contributed by atoms with Crippen molar-refractivity contribution in [2.24, 2.45) is 0 Å². The molecule has 0 saturated heterocycles. The Morgan fingerprint density at radius 3 is 2.70 bits per heavy atom. The highest BCUT2D eigenvalue weighted by molar-refractivity contribution is 6.17. The van der Waals surface area contributed by atoms with Crippen LogP contribution in [0.4, 0.5) is 0 Å². The molecule has 0 spiro atoms. The normalized spacial score (nSPS) is 11.7. The maximum absolute atomic E-state index is 12.3. The van der Waals surface area contributed by atoms with Gasteiger partial charge in [-0.05, 0) is 25.5 Å². The van der Waals surface area contributed by atoms with Gasteiger partial charge in [-0.25, -0.2) is 4.79 Å². The SMILES string of the molecule is C/C=C(\C)C(=O)c1c(O)cc(OC)c2ccc(=O)oc12. The molecule has 1 N–H and O–H groups in total. The Kier molecular flexibility index (Phi) is 3.61. The molecule has 2 aromatic rings. The Labute approximate surface area is 115 Å². The maximum atomic E-state index is 12.3. The quantitative estimate of drug-likeness (QED) is 0.529. The first kappa shape index (κ1) is 13.9. The summed E-state index contributed by atoms with van der Waals surface area (Å²) in [5.41, 5.74) is -0.162. The number of phenols is 1. The number of hydrogen-bond acceptors (Lipinski definition) is 5. The molecule has 0 radical (unpaired) electrons. The highest BCUT2D eigenvalue weighted by Gasteiger charge is 2.21. The first-order chi connectivity index (χ1) is 9.49. The molecule has 2 rings (SSSR count). The Balaban J connectivity index is 2.90. The third kappa shape index (κ3) is 2.18. The van der Waals surface area contributed by atoms with Gasteiger partial charge in [0.15, 0.2) is 11.4 Å². The zero-order valence-corrected chi connectivity index (χ0v) is 11.4. The standard InChI is InChI=1S/C15H14O5/c1-4-8(2)14(18)13-10(16)7-11(19-3)9-5-6-12(17)20-15(9)13/h4-7,16H,1-3H3/b8-4+. The third-order valence-electron chi connectivity index (χ3n) is 3.09. The van der Waals surface area contributed by atoms with Crippen molar-refractivity contribution in [3.8, 4) is 11.5 Å². The van der Waals surface area contributed by atoms with Crippen LogP contribution >= 0.6 is 0 Å². The number of phenolic OH excluding ortho intramolecular Hbond substituents is 1. The number of methoxy groups -OCH3 is 1. The van der Waals surface area contributed by atoms with Crippen LogP contribution in [0.1, 0.15) is 24.2 Å². The summed E-state index contributed by atoms with van der Waals surface area (Å²) in [5.74, 6) is -0.349. The molecule has 0 fully saturated rings. The molecule has 5 nitrogen and oxygen atoms in total. The van der Waals surface area contributed by atoms with Crippen LogP contribution in [0.3, 0.4) is 0 Å². The molecule has 0 aliphatic rings. The lowest BCUT2D eigenvalue weighted by molar-refractivity contribution is 0.103. The molecule has 1 aromatic carbocycles. The van der Waals surface area contributed by atoms with Crippen LogP contribution in [0, 0.1) is 0 Å². The summed E-state index contributed by atoms with van der Waals surface area (Å²) in [5, 5.41) is 10.5. The molecule has 104 valence electrons. The van der Waals surface area contributed by atoms with E-state index in [1.807, 2.05) is 0 Å². The number of ether oxygens (including phenoxy) is 1. The Bertz CT molecular complexity index is 768. The van der Waals surface area contributed by atoms with E-state index in [4.69, 9.17) is 9.15 Å². The number of allylic oxidation sites excluding steroid dienone is 2. The lowest BCUT2D eigenvalue weighted by atomic mass is 10.0. The van der Waals surface area contributed by atoms with Crippen molar-refractivity contribution >= 4 is 16.8 Å². The third-order valence-corrected chi connectivity index (χ3v) is 3.09. The van der Waals surface area contributed by atoms with Crippen LogP contribution in [0.15, 0.2) is 39.1 Å². The van der Waals surface area contributed by atoms with E-state index in [0.29, 0.717) is 16.7 Å². The molecule has 20 heavy (non-hydrogen) atoms. The maximum Gasteiger partial charge on any atom is 0.336 e. The van der Waals surface area contributed by atoms with Crippen molar-refractivity contribution < 1.29 is 19.1 Å². The number of Topliss-reactive ketones (excluding diaryl/α,β-unsaturated/α-hetero) is 1. The van der Waals surface area contributed by atoms with Gasteiger partial charge in [0.25, 0.3) is 0 Å². The second-order valence-corrected chi connectivity index (χ2v) is 4.27. The average Bonchev–Trinajstić information content (AvgIpc) is 2.44. The number of carbonyl (C=O) groups is 1. The summed E-state index contributed by atoms with van der Waals surface area (Å²) in [6.07, 6.45) is 1.62. The Morgan fingerprint density at radius 1 is 1.40 bits per heavy atom. The van der Waals surface area contributed by atoms with Gasteiger partial charge in [0, 0.05) is 12.1 Å². The van der Waals surface area contributed by atoms with Crippen molar-refractivity contribution in [1.29, 1.82) is 0 Å². The molecule has 1 aromatic heterocycles. The van der Waals surface area contributed by atoms with Crippen LogP contribution in [-0.4, -0.2) is 18.0 Å². The molecule has 0 unspecified atom stereocenters. The van der Waals surface area contributed by atoms with Gasteiger partial charge < -0.3 is 14.3 Å². The van der Waals surface area contributed by atoms with E-state index >= 15 is 0 Å². The minimum absolute atomic E-state index is 0.0283. The largest absolute Gasteiger partial charge is 0.507 e. The number of hydrogen-bond donors (Lipinski definition) is 1. The lowest BCUT2D eigenvalue weighted by Gasteiger charge is -2.10. The van der Waals surface area contributed by atoms with Crippen molar-refractivity contribution in [3.05, 3.63) is 45.8 Å². The van der Waals surface area contributed by atoms with Crippen molar-refractivity contribution in [2.45, 2.75) is 13.8 Å². The molecule has 0 aliphatic carbocycles. The number of fused-ring (bicyclic) bond motifs is 1. The van der Waals surface area contributed by atoms with E-state index in [0.717, 1.165) is 0 Å². The highest BCUT2D eigenvalue weighted by Crippen LogP contribution is 2.35. The zero-order chi connectivity index (χ0) is 14.9. The molecule has 0 bridgehead atoms. The van der Waals surface area contributed by atoms with Gasteiger partial charge in [0.05, 0.1) is 12.5 Å². The minimum Gasteiger partial charge on any atom is -0.507 e. The molecule has 0 amide bonds. The smallest absolute Gasteiger partial charge is 0.336 e. The molecule has 0 atom stereocenters. The van der Waals surface area contributed by atoms with Crippen LogP contribution < -0.4 is 10.4 Å². The summed E-state index contributed by atoms with van der Waals surface area (Å²) >= 11 is 0. The number of ketones is 1. The summed E-state index contributed by atoms with van der Waals surface area (Å²) in [4.78, 5) is 23.7. The molecule has 1 heterocycles. The fourth-order valence-corrected chi connectivity index (χ4v) is 1.90. The van der Waals surface area contributed by atoms with Crippen LogP contribution in [0.25, 0.3) is 11.0 Å². The van der Waals surface area contributed by atoms with E-state index in [2.05, 4.69) is 0 Å². The van der Waals surface area contributed by atoms with Gasteiger partial charge in [0.1, 0.15) is 17.1 Å². The zero-order valence-electron chi connectivity index (χ0n) is 11.4. The van der Waals surface area contributed by atoms with Crippen molar-refractivity contribution in [1.82, 2.24) is 0 Å². The van der Waals surface area contributed by atoms with Crippen LogP contribution in [0.2, 0.25) is 0 Å². The topological polar surface area (TPSA) is 76.7 Å².